The summed E-state index contributed by atoms with van der Waals surface area (Å²) in [5.41, 5.74) is -3.95. The van der Waals surface area contributed by atoms with Gasteiger partial charge in [-0.25, -0.2) is 19.9 Å². The van der Waals surface area contributed by atoms with Crippen LogP contribution in [0, 0.1) is 0 Å². The van der Waals surface area contributed by atoms with E-state index in [1.807, 2.05) is 0 Å². The maximum Gasteiger partial charge on any atom is 0.352 e. The van der Waals surface area contributed by atoms with Gasteiger partial charge in [-0.3, -0.25) is 47.8 Å². The number of likely N-dealkylation sites (N-methyl/N-ethyl adjacent to an activating group) is 1. The number of carbonyl (C=O) groups is 7. The first-order valence-electron chi connectivity index (χ1n) is 14.5. The van der Waals surface area contributed by atoms with Crippen LogP contribution < -0.4 is 21.8 Å². The van der Waals surface area contributed by atoms with Gasteiger partial charge in [0.1, 0.15) is 11.1 Å². The predicted octanol–water partition coefficient (Wildman–Crippen LogP) is -2.82. The van der Waals surface area contributed by atoms with Crippen molar-refractivity contribution in [3.63, 3.8) is 0 Å². The van der Waals surface area contributed by atoms with E-state index < -0.39 is 63.5 Å². The second-order valence-corrected chi connectivity index (χ2v) is 12.8. The Kier molecular flexibility index (Phi) is 9.94. The second kappa shape index (κ2) is 14.0. The number of aromatic nitrogens is 3. The Hall–Kier alpha value is -5.44. The topological polar surface area (TPSA) is 244 Å². The van der Waals surface area contributed by atoms with Crippen LogP contribution in [0.4, 0.5) is 0 Å². The monoisotopic (exact) mass is 715 g/mol. The Bertz CT molecular complexity index is 1880. The molecule has 0 bridgehead atoms. The number of H-pyrrole nitrogens is 1. The van der Waals surface area contributed by atoms with Crippen LogP contribution in [0.2, 0.25) is 0 Å². The van der Waals surface area contributed by atoms with Gasteiger partial charge in [-0.05, 0) is 18.1 Å². The molecule has 258 valence electrons. The van der Waals surface area contributed by atoms with Crippen LogP contribution in [0.15, 0.2) is 56.3 Å². The summed E-state index contributed by atoms with van der Waals surface area (Å²) in [5, 5.41) is 21.3. The van der Waals surface area contributed by atoms with Gasteiger partial charge in [-0.1, -0.05) is 42.1 Å². The summed E-state index contributed by atoms with van der Waals surface area (Å²) in [4.78, 5) is 116. The molecule has 2 saturated heterocycles. The number of hydrogen-bond donors (Lipinski definition) is 4. The van der Waals surface area contributed by atoms with E-state index in [-0.39, 0.29) is 60.3 Å². The van der Waals surface area contributed by atoms with E-state index >= 15 is 0 Å². The fraction of sp³-hybridized carbons (Fsp3) is 0.357. The van der Waals surface area contributed by atoms with Crippen molar-refractivity contribution in [2.75, 3.05) is 31.1 Å². The molecule has 3 aliphatic heterocycles. The summed E-state index contributed by atoms with van der Waals surface area (Å²) in [6.45, 7) is 1.89. The van der Waals surface area contributed by atoms with E-state index in [0.717, 1.165) is 43.0 Å². The standard InChI is InChI=1S/C28H29N9O10S2/c1-3-34-9-10-35(23(44)22(34)43)36(14-39)17(15-7-5-4-6-8-15)19(40)30-28(29-13-38)25(47)37-18(24(45)46)16(11-48-26(28)37)12-49-27-32-31-20(41)21(42)33(27)2/h4-8,13-14,17,26H,3,9-12H2,1-2H3,(H,29,38)(H,30,40)(H,31,41)(H,45,46)/t17?,26-,28+/m0/s1. The fourth-order valence-electron chi connectivity index (χ4n) is 5.61. The van der Waals surface area contributed by atoms with Gasteiger partial charge in [0.2, 0.25) is 18.5 Å². The maximum atomic E-state index is 14.1. The lowest BCUT2D eigenvalue weighted by atomic mass is 9.94. The SMILES string of the molecule is CCN1CCN(N(C=O)C(C(=O)N[C@]2(NC=O)C(=O)N3C(C(=O)O)=C(CSc4n[nH]c(=O)c(=O)n4C)CS[C@H]32)c2ccccc2)C(=O)C1=O. The Morgan fingerprint density at radius 3 is 2.51 bits per heavy atom. The summed E-state index contributed by atoms with van der Waals surface area (Å²) in [6, 6.07) is 6.14. The molecule has 6 amide bonds. The number of carbonyl (C=O) groups excluding carboxylic acids is 6. The first kappa shape index (κ1) is 34.9. The minimum absolute atomic E-state index is 0.000562. The minimum atomic E-state index is -2.17. The third kappa shape index (κ3) is 6.05. The molecular formula is C28H29N9O10S2. The van der Waals surface area contributed by atoms with Crippen LogP contribution in [-0.4, -0.2) is 124 Å². The van der Waals surface area contributed by atoms with Crippen LogP contribution in [0.25, 0.3) is 0 Å². The summed E-state index contributed by atoms with van der Waals surface area (Å²) in [5.74, 6) is -5.50. The highest BCUT2D eigenvalue weighted by Crippen LogP contribution is 2.46. The number of β-lactam (4-membered cyclic amide) rings is 1. The highest BCUT2D eigenvalue weighted by atomic mass is 32.2. The van der Waals surface area contributed by atoms with E-state index in [4.69, 9.17) is 0 Å². The largest absolute Gasteiger partial charge is 0.477 e. The Balaban J connectivity index is 1.46. The van der Waals surface area contributed by atoms with Gasteiger partial charge in [-0.2, -0.15) is 0 Å². The lowest BCUT2D eigenvalue weighted by Gasteiger charge is -2.56. The molecule has 4 N–H and O–H groups in total. The van der Waals surface area contributed by atoms with Gasteiger partial charge in [0.05, 0.1) is 6.54 Å². The average molecular weight is 716 g/mol. The van der Waals surface area contributed by atoms with Crippen LogP contribution >= 0.6 is 23.5 Å². The molecule has 19 nitrogen and oxygen atoms in total. The zero-order chi connectivity index (χ0) is 35.6. The van der Waals surface area contributed by atoms with Gasteiger partial charge in [0, 0.05) is 31.6 Å². The third-order valence-corrected chi connectivity index (χ3v) is 10.6. The summed E-state index contributed by atoms with van der Waals surface area (Å²) in [6.07, 6.45) is 0.367. The van der Waals surface area contributed by atoms with E-state index in [1.54, 1.807) is 25.1 Å². The van der Waals surface area contributed by atoms with Crippen LogP contribution in [0.1, 0.15) is 18.5 Å². The van der Waals surface area contributed by atoms with Crippen molar-refractivity contribution in [3.05, 3.63) is 67.9 Å². The molecular weight excluding hydrogens is 686 g/mol. The minimum Gasteiger partial charge on any atom is -0.477 e. The maximum absolute atomic E-state index is 14.1. The number of hydrogen-bond acceptors (Lipinski definition) is 12. The highest BCUT2D eigenvalue weighted by molar-refractivity contribution is 8.01. The Morgan fingerprint density at radius 2 is 1.88 bits per heavy atom. The van der Waals surface area contributed by atoms with Crippen molar-refractivity contribution in [1.82, 2.24) is 45.2 Å². The number of benzene rings is 1. The molecule has 2 aromatic rings. The molecule has 1 unspecified atom stereocenters. The summed E-state index contributed by atoms with van der Waals surface area (Å²) < 4.78 is 0.992. The molecule has 1 aromatic carbocycles. The normalized spacial score (nSPS) is 21.1. The average Bonchev–Trinajstić information content (AvgIpc) is 3.10. The number of carboxylic acid groups (broad SMARTS) is 1. The van der Waals surface area contributed by atoms with Gasteiger partial charge in [-0.15, -0.1) is 16.9 Å². The van der Waals surface area contributed by atoms with Crippen molar-refractivity contribution in [2.24, 2.45) is 7.05 Å². The number of rotatable bonds is 13. The molecule has 5 rings (SSSR count). The number of thioether (sulfide) groups is 2. The Labute approximate surface area is 284 Å². The third-order valence-electron chi connectivity index (χ3n) is 8.06. The number of carboxylic acids is 1. The number of piperazine rings is 1. The molecule has 21 heteroatoms. The Morgan fingerprint density at radius 1 is 1.16 bits per heavy atom. The van der Waals surface area contributed by atoms with Crippen molar-refractivity contribution >= 4 is 65.9 Å². The second-order valence-electron chi connectivity index (χ2n) is 10.8. The smallest absolute Gasteiger partial charge is 0.352 e. The zero-order valence-electron chi connectivity index (χ0n) is 25.9. The number of amides is 6. The fourth-order valence-corrected chi connectivity index (χ4v) is 8.10. The van der Waals surface area contributed by atoms with Crippen LogP contribution in [-0.2, 0) is 40.6 Å². The van der Waals surface area contributed by atoms with Crippen molar-refractivity contribution in [1.29, 1.82) is 0 Å². The van der Waals surface area contributed by atoms with Crippen molar-refractivity contribution in [2.45, 2.75) is 29.2 Å². The van der Waals surface area contributed by atoms with Gasteiger partial charge >= 0.3 is 28.9 Å². The molecule has 3 atom stereocenters. The molecule has 2 fully saturated rings. The van der Waals surface area contributed by atoms with Gasteiger partial charge in [0.15, 0.2) is 11.2 Å². The number of nitrogens with zero attached hydrogens (tertiary/aromatic N) is 6. The predicted molar refractivity (Wildman–Crippen MR) is 170 cm³/mol. The molecule has 4 heterocycles. The molecule has 0 saturated carbocycles. The number of nitrogens with one attached hydrogen (secondary N) is 3. The molecule has 49 heavy (non-hydrogen) atoms. The van der Waals surface area contributed by atoms with Crippen LogP contribution in [0.3, 0.4) is 0 Å². The van der Waals surface area contributed by atoms with Gasteiger partial charge in [0.25, 0.3) is 11.8 Å². The quantitative estimate of drug-likeness (QED) is 0.0538. The molecule has 0 aliphatic carbocycles. The highest BCUT2D eigenvalue weighted by Gasteiger charge is 2.66. The molecule has 0 spiro atoms. The lowest BCUT2D eigenvalue weighted by molar-refractivity contribution is -0.178. The van der Waals surface area contributed by atoms with Crippen molar-refractivity contribution < 1.29 is 38.7 Å². The van der Waals surface area contributed by atoms with E-state index in [2.05, 4.69) is 20.8 Å². The van der Waals surface area contributed by atoms with E-state index in [0.29, 0.717) is 0 Å². The molecule has 0 radical (unpaired) electrons. The first-order valence-corrected chi connectivity index (χ1v) is 16.6. The number of aliphatic carboxylic acids is 1. The zero-order valence-corrected chi connectivity index (χ0v) is 27.5. The lowest BCUT2D eigenvalue weighted by Crippen LogP contribution is -2.85. The van der Waals surface area contributed by atoms with Crippen LogP contribution in [0.5, 0.6) is 0 Å². The number of aromatic amines is 1. The number of fused-ring (bicyclic) bond motifs is 1. The van der Waals surface area contributed by atoms with Gasteiger partial charge < -0.3 is 20.6 Å². The summed E-state index contributed by atoms with van der Waals surface area (Å²) >= 11 is 1.96. The van der Waals surface area contributed by atoms with Crippen molar-refractivity contribution in [3.8, 4) is 0 Å². The van der Waals surface area contributed by atoms with E-state index in [9.17, 15) is 48.3 Å². The summed E-state index contributed by atoms with van der Waals surface area (Å²) in [7, 11) is 1.32. The first-order chi connectivity index (χ1) is 23.4. The molecule has 3 aliphatic rings. The number of hydrazine groups is 1. The molecule has 1 aromatic heterocycles. The van der Waals surface area contributed by atoms with E-state index in [1.165, 1.54) is 24.1 Å².